The molecule has 9 rings (SSSR count). The minimum Gasteiger partial charge on any atom is -0.461 e. The lowest BCUT2D eigenvalue weighted by Gasteiger charge is -2.24. The van der Waals surface area contributed by atoms with Crippen molar-refractivity contribution in [2.75, 3.05) is 82.5 Å². The van der Waals surface area contributed by atoms with E-state index in [2.05, 4.69) is 80.4 Å². The second-order valence-corrected chi connectivity index (χ2v) is 29.7. The van der Waals surface area contributed by atoms with Crippen LogP contribution < -0.4 is 32.5 Å². The standard InChI is InChI=1S/C25H35N6O6P.C13H22N5O9P3.C12H17N5O.C11H15N5O2/c1-5-20(6-2)36-24(32)19(4)30-38(33,37-21-10-8-7-9-11-21)35-13-12-34-17-31-15-23(28-16-31)22-14-27-25(26)29-18(22)3;1-10-11(6-15-13(14)17-10)12-7-18(8-16-12)9-24-4-5-25-28(2,19)26-29(3,20)27-30(21,22)23;1-3-4-18-8-17-6-11(15-7-17)10-5-14-12(13)16-9(10)2;1-8-9(4-13-11(12)15-8)10-5-16(6-14-10)7-18-3-2-17/h7-11,14-16,19-20H,5-6,12-13,17H2,1-4H3,(H,30,33)(H2,26,27,29);6-8H,4-5,9H2,1-3H3,(H2,14,15,17)(H2,21,22,23);5-7H,3-4,8H2,1-2H3,(H2,13,14,16);4-6,17H,2-3,7H2,1H3,(H2,12,13,15)/t19-,38+;;;/m1.../s1. The number of aromatic nitrogens is 16. The number of phosphoric acid groups is 1. The van der Waals surface area contributed by atoms with Gasteiger partial charge in [-0.3, -0.25) is 18.4 Å². The summed E-state index contributed by atoms with van der Waals surface area (Å²) in [6, 6.07) is 7.66. The Morgan fingerprint density at radius 2 is 0.875 bits per heavy atom. The lowest BCUT2D eigenvalue weighted by molar-refractivity contribution is -0.151. The quantitative estimate of drug-likeness (QED) is 0.0105. The number of nitrogens with two attached hydrogens (primary N) is 4. The summed E-state index contributed by atoms with van der Waals surface area (Å²) in [5.74, 6) is 0.702. The molecule has 43 heteroatoms. The van der Waals surface area contributed by atoms with E-state index in [4.69, 9.17) is 75.1 Å². The molecule has 39 nitrogen and oxygen atoms in total. The molecule has 8 heterocycles. The molecule has 0 bridgehead atoms. The molecule has 2 unspecified atom stereocenters. The summed E-state index contributed by atoms with van der Waals surface area (Å²) in [7, 11) is -17.2. The van der Waals surface area contributed by atoms with Gasteiger partial charge in [-0.25, -0.2) is 77.6 Å². The van der Waals surface area contributed by atoms with Crippen LogP contribution >= 0.6 is 30.8 Å². The molecule has 0 radical (unpaired) electrons. The molecule has 0 spiro atoms. The van der Waals surface area contributed by atoms with E-state index in [1.165, 1.54) is 6.33 Å². The van der Waals surface area contributed by atoms with Crippen LogP contribution in [0.1, 0.15) is 69.7 Å². The Bertz CT molecular complexity index is 4260. The van der Waals surface area contributed by atoms with Crippen molar-refractivity contribution in [3.8, 4) is 50.8 Å². The maximum atomic E-state index is 13.5. The summed E-state index contributed by atoms with van der Waals surface area (Å²) in [5, 5.41) is 11.3. The molecule has 8 aromatic heterocycles. The van der Waals surface area contributed by atoms with Crippen molar-refractivity contribution in [3.63, 3.8) is 0 Å². The van der Waals surface area contributed by atoms with Crippen LogP contribution in [-0.2, 0) is 91.3 Å². The van der Waals surface area contributed by atoms with Gasteiger partial charge in [0.2, 0.25) is 23.8 Å². The van der Waals surface area contributed by atoms with E-state index in [0.717, 1.165) is 77.1 Å². The van der Waals surface area contributed by atoms with Gasteiger partial charge in [-0.1, -0.05) is 39.0 Å². The maximum absolute atomic E-state index is 13.5. The zero-order valence-electron chi connectivity index (χ0n) is 59.1. The third-order valence-electron chi connectivity index (χ3n) is 13.6. The van der Waals surface area contributed by atoms with Crippen molar-refractivity contribution in [1.29, 1.82) is 0 Å². The summed E-state index contributed by atoms with van der Waals surface area (Å²) in [4.78, 5) is 79.4. The van der Waals surface area contributed by atoms with Crippen LogP contribution in [-0.4, -0.2) is 171 Å². The SMILES string of the molecule is CCC(CC)OC(=O)[C@@H](C)N[P@](=O)(OCCOCn1cnc(-c2cnc(N)nc2C)c1)Oc1ccccc1.CCCOCn1cnc(-c2cnc(N)nc2C)c1.Cc1nc(N)ncc1-c1cn(COCCO)cn1.Cc1nc(N)ncc1-c1cn(COCCOP(C)(=O)OP(C)(=O)OP(=O)(O)O)cn1. The number of nitrogens with zero attached hydrogens (tertiary/aromatic N) is 16. The molecular formula is C61H89N21O18P4. The van der Waals surface area contributed by atoms with E-state index < -0.39 is 42.8 Å². The van der Waals surface area contributed by atoms with E-state index >= 15 is 0 Å². The number of carbonyl (C=O) groups excluding carboxylic acids is 1. The molecule has 0 amide bonds. The van der Waals surface area contributed by atoms with E-state index in [-0.39, 0.29) is 76.4 Å². The first kappa shape index (κ1) is 84.2. The normalized spacial score (nSPS) is 13.4. The Kier molecular flexibility index (Phi) is 33.3. The lowest BCUT2D eigenvalue weighted by atomic mass is 10.2. The van der Waals surface area contributed by atoms with Gasteiger partial charge in [0, 0.05) is 91.8 Å². The smallest absolute Gasteiger partial charge is 0.461 e. The highest BCUT2D eigenvalue weighted by atomic mass is 31.3. The van der Waals surface area contributed by atoms with Gasteiger partial charge in [0.1, 0.15) is 44.8 Å². The molecule has 0 aliphatic heterocycles. The number of ether oxygens (including phenoxy) is 5. The molecule has 0 saturated carbocycles. The van der Waals surface area contributed by atoms with Crippen molar-refractivity contribution >= 4 is 60.5 Å². The number of benzene rings is 1. The molecule has 1 aromatic carbocycles. The van der Waals surface area contributed by atoms with E-state index in [9.17, 15) is 23.1 Å². The molecule has 104 heavy (non-hydrogen) atoms. The monoisotopic (exact) mass is 1530 g/mol. The van der Waals surface area contributed by atoms with Gasteiger partial charge < -0.3 is 88.8 Å². The summed E-state index contributed by atoms with van der Waals surface area (Å²) in [6.07, 6.45) is 22.5. The number of hydrogen-bond acceptors (Lipinski definition) is 32. The number of aliphatic hydroxyl groups excluding tert-OH is 1. The van der Waals surface area contributed by atoms with Crippen LogP contribution in [0.4, 0.5) is 23.8 Å². The third-order valence-corrected chi connectivity index (χ3v) is 20.4. The highest BCUT2D eigenvalue weighted by molar-refractivity contribution is 7.70. The number of nitrogen functional groups attached to an aromatic ring is 4. The third kappa shape index (κ3) is 29.1. The number of esters is 1. The molecule has 0 aliphatic carbocycles. The summed E-state index contributed by atoms with van der Waals surface area (Å²) < 4.78 is 107. The number of aryl methyl sites for hydroxylation is 4. The second kappa shape index (κ2) is 41.1. The highest BCUT2D eigenvalue weighted by Gasteiger charge is 2.36. The first-order valence-corrected chi connectivity index (χ1v) is 39.1. The van der Waals surface area contributed by atoms with Crippen molar-refractivity contribution < 1.29 is 83.8 Å². The number of hydrogen-bond donors (Lipinski definition) is 8. The predicted octanol–water partition coefficient (Wildman–Crippen LogP) is 7.92. The number of carbonyl (C=O) groups is 1. The largest absolute Gasteiger partial charge is 0.476 e. The van der Waals surface area contributed by atoms with Gasteiger partial charge in [0.25, 0.3) is 0 Å². The van der Waals surface area contributed by atoms with Crippen molar-refractivity contribution in [2.24, 2.45) is 0 Å². The topological polar surface area (TPSA) is 529 Å². The van der Waals surface area contributed by atoms with Gasteiger partial charge in [-0.2, -0.15) is 5.09 Å². The number of aliphatic hydroxyl groups is 1. The van der Waals surface area contributed by atoms with Crippen LogP contribution in [0.25, 0.3) is 45.0 Å². The zero-order valence-corrected chi connectivity index (χ0v) is 62.7. The number of nitrogens with one attached hydrogen (secondary N) is 1. The van der Waals surface area contributed by atoms with Gasteiger partial charge in [-0.15, -0.1) is 0 Å². The van der Waals surface area contributed by atoms with Gasteiger partial charge in [0.05, 0.1) is 111 Å². The van der Waals surface area contributed by atoms with Crippen LogP contribution in [0, 0.1) is 27.7 Å². The molecule has 0 aliphatic rings. The predicted molar refractivity (Wildman–Crippen MR) is 382 cm³/mol. The van der Waals surface area contributed by atoms with E-state index in [0.29, 0.717) is 55.7 Å². The maximum Gasteiger partial charge on any atom is 0.476 e. The van der Waals surface area contributed by atoms with Crippen LogP contribution in [0.5, 0.6) is 5.75 Å². The van der Waals surface area contributed by atoms with Crippen molar-refractivity contribution in [2.45, 2.75) is 114 Å². The first-order valence-electron chi connectivity index (χ1n) is 32.0. The molecule has 12 N–H and O–H groups in total. The minimum absolute atomic E-state index is 0.00641. The Morgan fingerprint density at radius 3 is 1.22 bits per heavy atom. The summed E-state index contributed by atoms with van der Waals surface area (Å²) in [6.45, 7) is 18.7. The Balaban J connectivity index is 0.000000228. The molecule has 4 atom stereocenters. The second-order valence-electron chi connectivity index (χ2n) is 22.4. The fourth-order valence-electron chi connectivity index (χ4n) is 8.81. The molecular weight excluding hydrogens is 1440 g/mol. The fourth-order valence-corrected chi connectivity index (χ4v) is 15.0. The van der Waals surface area contributed by atoms with Crippen molar-refractivity contribution in [3.05, 3.63) is 128 Å². The average molecular weight is 1530 g/mol. The van der Waals surface area contributed by atoms with Crippen LogP contribution in [0.3, 0.4) is 0 Å². The molecule has 566 valence electrons. The van der Waals surface area contributed by atoms with Crippen LogP contribution in [0.2, 0.25) is 0 Å². The van der Waals surface area contributed by atoms with Gasteiger partial charge >= 0.3 is 36.7 Å². The van der Waals surface area contributed by atoms with Crippen molar-refractivity contribution in [1.82, 2.24) is 83.2 Å². The van der Waals surface area contributed by atoms with Gasteiger partial charge in [0.15, 0.2) is 0 Å². The fraction of sp³-hybridized carbons (Fsp3) is 0.426. The first-order chi connectivity index (χ1) is 49.4. The molecule has 9 aromatic rings. The van der Waals surface area contributed by atoms with Crippen LogP contribution in [0.15, 0.2) is 105 Å². The summed E-state index contributed by atoms with van der Waals surface area (Å²) in [5.41, 5.74) is 31.3. The zero-order chi connectivity index (χ0) is 76.0. The van der Waals surface area contributed by atoms with E-state index in [1.807, 2.05) is 51.6 Å². The summed E-state index contributed by atoms with van der Waals surface area (Å²) >= 11 is 0. The number of para-hydroxylation sites is 1. The minimum atomic E-state index is -5.08. The van der Waals surface area contributed by atoms with E-state index in [1.54, 1.807) is 114 Å². The number of rotatable bonds is 36. The Hall–Kier alpha value is -8.71. The Morgan fingerprint density at radius 1 is 0.510 bits per heavy atom. The highest BCUT2D eigenvalue weighted by Crippen LogP contribution is 2.66. The molecule has 0 fully saturated rings. The molecule has 0 saturated heterocycles. The Labute approximate surface area is 600 Å². The lowest BCUT2D eigenvalue weighted by Crippen LogP contribution is -2.37. The average Bonchev–Trinajstić information content (AvgIpc) is 1.17. The number of anilines is 4. The number of imidazole rings is 4. The van der Waals surface area contributed by atoms with Gasteiger partial charge in [-0.05, 0) is 66.0 Å².